The number of rotatable bonds is 4. The van der Waals surface area contributed by atoms with Crippen LogP contribution in [0.3, 0.4) is 0 Å². The minimum atomic E-state index is -0.398. The molecule has 2 rings (SSSR count). The number of anilines is 1. The average molecular weight is 262 g/mol. The molecule has 0 unspecified atom stereocenters. The number of hydrogen-bond acceptors (Lipinski definition) is 7. The predicted octanol–water partition coefficient (Wildman–Crippen LogP) is 1.48. The van der Waals surface area contributed by atoms with Gasteiger partial charge < -0.3 is 14.6 Å². The van der Waals surface area contributed by atoms with E-state index in [9.17, 15) is 4.79 Å². The van der Waals surface area contributed by atoms with Gasteiger partial charge >= 0.3 is 5.97 Å². The number of aromatic nitrogens is 3. The van der Waals surface area contributed by atoms with Gasteiger partial charge in [0.05, 0.1) is 24.9 Å². The number of nitrogens with zero attached hydrogens (tertiary/aromatic N) is 3. The van der Waals surface area contributed by atoms with Crippen LogP contribution in [0.4, 0.5) is 5.82 Å². The van der Waals surface area contributed by atoms with Crippen LogP contribution in [0.25, 0.3) is 0 Å². The highest BCUT2D eigenvalue weighted by atomic mass is 16.5. The quantitative estimate of drug-likeness (QED) is 0.834. The van der Waals surface area contributed by atoms with Gasteiger partial charge in [-0.3, -0.25) is 0 Å². The van der Waals surface area contributed by atoms with E-state index in [0.717, 1.165) is 0 Å². The third-order valence-electron chi connectivity index (χ3n) is 2.49. The molecule has 0 aliphatic rings. The Balaban J connectivity index is 2.06. The first-order chi connectivity index (χ1) is 9.10. The fourth-order valence-corrected chi connectivity index (χ4v) is 1.57. The molecule has 0 aromatic carbocycles. The van der Waals surface area contributed by atoms with E-state index in [1.54, 1.807) is 26.0 Å². The summed E-state index contributed by atoms with van der Waals surface area (Å²) < 4.78 is 9.52. The zero-order valence-corrected chi connectivity index (χ0v) is 10.9. The minimum absolute atomic E-state index is 0.398. The first-order valence-corrected chi connectivity index (χ1v) is 5.69. The van der Waals surface area contributed by atoms with Gasteiger partial charge in [0.1, 0.15) is 5.82 Å². The largest absolute Gasteiger partial charge is 0.465 e. The van der Waals surface area contributed by atoms with Crippen molar-refractivity contribution in [3.05, 3.63) is 35.1 Å². The van der Waals surface area contributed by atoms with Crippen LogP contribution in [-0.2, 0) is 11.3 Å². The smallest absolute Gasteiger partial charge is 0.339 e. The molecular formula is C12H14N4O3. The van der Waals surface area contributed by atoms with E-state index in [4.69, 9.17) is 4.52 Å². The van der Waals surface area contributed by atoms with Crippen molar-refractivity contribution in [3.8, 4) is 0 Å². The van der Waals surface area contributed by atoms with E-state index in [-0.39, 0.29) is 0 Å². The van der Waals surface area contributed by atoms with Crippen molar-refractivity contribution >= 4 is 11.8 Å². The number of nitrogens with one attached hydrogen (secondary N) is 1. The molecule has 0 saturated carbocycles. The fourth-order valence-electron chi connectivity index (χ4n) is 1.57. The van der Waals surface area contributed by atoms with Crippen molar-refractivity contribution < 1.29 is 14.1 Å². The van der Waals surface area contributed by atoms with Crippen LogP contribution in [-0.4, -0.2) is 28.2 Å². The number of carbonyl (C=O) groups is 1. The van der Waals surface area contributed by atoms with Gasteiger partial charge in [0.15, 0.2) is 5.82 Å². The third-order valence-corrected chi connectivity index (χ3v) is 2.49. The molecule has 0 fully saturated rings. The molecule has 0 spiro atoms. The standard InChI is InChI=1S/C12H14N4O3/c1-7-9(12(17)18-3)4-5-10(14-7)13-6-11-15-8(2)19-16-11/h4-5H,6H2,1-3H3,(H,13,14). The molecular weight excluding hydrogens is 248 g/mol. The number of hydrogen-bond donors (Lipinski definition) is 1. The van der Waals surface area contributed by atoms with Gasteiger partial charge in [-0.2, -0.15) is 4.98 Å². The zero-order valence-electron chi connectivity index (χ0n) is 10.9. The lowest BCUT2D eigenvalue weighted by Gasteiger charge is -2.07. The lowest BCUT2D eigenvalue weighted by molar-refractivity contribution is 0.0599. The number of carbonyl (C=O) groups excluding carboxylic acids is 1. The normalized spacial score (nSPS) is 10.3. The van der Waals surface area contributed by atoms with Crippen molar-refractivity contribution in [2.75, 3.05) is 12.4 Å². The lowest BCUT2D eigenvalue weighted by Crippen LogP contribution is -2.08. The van der Waals surface area contributed by atoms with Gasteiger partial charge in [-0.15, -0.1) is 0 Å². The zero-order chi connectivity index (χ0) is 13.8. The second kappa shape index (κ2) is 5.47. The Hall–Kier alpha value is -2.44. The van der Waals surface area contributed by atoms with Crippen molar-refractivity contribution in [2.24, 2.45) is 0 Å². The van der Waals surface area contributed by atoms with Crippen molar-refractivity contribution in [1.29, 1.82) is 0 Å². The Kier molecular flexibility index (Phi) is 3.74. The summed E-state index contributed by atoms with van der Waals surface area (Å²) in [7, 11) is 1.34. The topological polar surface area (TPSA) is 90.1 Å². The molecule has 100 valence electrons. The van der Waals surface area contributed by atoms with Gasteiger partial charge in [0, 0.05) is 6.92 Å². The molecule has 2 aromatic rings. The Morgan fingerprint density at radius 1 is 1.37 bits per heavy atom. The van der Waals surface area contributed by atoms with Crippen LogP contribution in [0, 0.1) is 13.8 Å². The maximum atomic E-state index is 11.4. The van der Waals surface area contributed by atoms with Crippen LogP contribution in [0.15, 0.2) is 16.7 Å². The fraction of sp³-hybridized carbons (Fsp3) is 0.333. The molecule has 0 aliphatic heterocycles. The predicted molar refractivity (Wildman–Crippen MR) is 66.7 cm³/mol. The van der Waals surface area contributed by atoms with Crippen LogP contribution in [0.5, 0.6) is 0 Å². The number of pyridine rings is 1. The van der Waals surface area contributed by atoms with Gasteiger partial charge in [-0.1, -0.05) is 5.16 Å². The van der Waals surface area contributed by atoms with E-state index in [1.165, 1.54) is 7.11 Å². The van der Waals surface area contributed by atoms with E-state index < -0.39 is 5.97 Å². The molecule has 0 radical (unpaired) electrons. The Morgan fingerprint density at radius 2 is 2.16 bits per heavy atom. The Labute approximate surface area is 110 Å². The van der Waals surface area contributed by atoms with E-state index in [1.807, 2.05) is 0 Å². The van der Waals surface area contributed by atoms with Crippen LogP contribution in [0.1, 0.15) is 27.8 Å². The lowest BCUT2D eigenvalue weighted by atomic mass is 10.2. The highest BCUT2D eigenvalue weighted by Crippen LogP contribution is 2.12. The van der Waals surface area contributed by atoms with Crippen LogP contribution >= 0.6 is 0 Å². The van der Waals surface area contributed by atoms with E-state index >= 15 is 0 Å². The van der Waals surface area contributed by atoms with Gasteiger partial charge in [0.2, 0.25) is 5.89 Å². The Morgan fingerprint density at radius 3 is 2.74 bits per heavy atom. The number of methoxy groups -OCH3 is 1. The second-order valence-corrected chi connectivity index (χ2v) is 3.90. The summed E-state index contributed by atoms with van der Waals surface area (Å²) in [6, 6.07) is 3.37. The molecule has 0 atom stereocenters. The maximum Gasteiger partial charge on any atom is 0.339 e. The summed E-state index contributed by atoms with van der Waals surface area (Å²) in [5, 5.41) is 6.81. The SMILES string of the molecule is COC(=O)c1ccc(NCc2noc(C)n2)nc1C. The summed E-state index contributed by atoms with van der Waals surface area (Å²) in [6.45, 7) is 3.88. The average Bonchev–Trinajstić information content (AvgIpc) is 2.81. The van der Waals surface area contributed by atoms with Gasteiger partial charge in [0.25, 0.3) is 0 Å². The molecule has 0 saturated heterocycles. The number of aryl methyl sites for hydroxylation is 2. The third kappa shape index (κ3) is 3.06. The monoisotopic (exact) mass is 262 g/mol. The summed E-state index contributed by atoms with van der Waals surface area (Å²) in [5.74, 6) is 1.30. The molecule has 0 amide bonds. The molecule has 1 N–H and O–H groups in total. The summed E-state index contributed by atoms with van der Waals surface area (Å²) >= 11 is 0. The van der Waals surface area contributed by atoms with E-state index in [2.05, 4.69) is 25.2 Å². The minimum Gasteiger partial charge on any atom is -0.465 e. The van der Waals surface area contributed by atoms with Crippen molar-refractivity contribution in [2.45, 2.75) is 20.4 Å². The molecule has 7 nitrogen and oxygen atoms in total. The molecule has 7 heteroatoms. The van der Waals surface area contributed by atoms with E-state index in [0.29, 0.717) is 35.3 Å². The molecule has 19 heavy (non-hydrogen) atoms. The maximum absolute atomic E-state index is 11.4. The highest BCUT2D eigenvalue weighted by molar-refractivity contribution is 5.90. The van der Waals surface area contributed by atoms with Crippen LogP contribution in [0.2, 0.25) is 0 Å². The summed E-state index contributed by atoms with van der Waals surface area (Å²) in [5.41, 5.74) is 1.05. The molecule has 2 heterocycles. The summed E-state index contributed by atoms with van der Waals surface area (Å²) in [4.78, 5) is 19.7. The number of esters is 1. The first-order valence-electron chi connectivity index (χ1n) is 5.69. The molecule has 0 bridgehead atoms. The summed E-state index contributed by atoms with van der Waals surface area (Å²) in [6.07, 6.45) is 0. The van der Waals surface area contributed by atoms with Gasteiger partial charge in [-0.25, -0.2) is 9.78 Å². The second-order valence-electron chi connectivity index (χ2n) is 3.90. The first kappa shape index (κ1) is 13.0. The highest BCUT2D eigenvalue weighted by Gasteiger charge is 2.10. The van der Waals surface area contributed by atoms with Crippen molar-refractivity contribution in [3.63, 3.8) is 0 Å². The number of ether oxygens (including phenoxy) is 1. The van der Waals surface area contributed by atoms with Crippen molar-refractivity contribution in [1.82, 2.24) is 15.1 Å². The molecule has 2 aromatic heterocycles. The van der Waals surface area contributed by atoms with Crippen LogP contribution < -0.4 is 5.32 Å². The Bertz CT molecular complexity index is 594. The van der Waals surface area contributed by atoms with Gasteiger partial charge in [-0.05, 0) is 19.1 Å². The molecule has 0 aliphatic carbocycles.